The van der Waals surface area contributed by atoms with Gasteiger partial charge in [-0.05, 0) is 48.6 Å². The highest BCUT2D eigenvalue weighted by atomic mass is 32.1. The number of anilines is 2. The molecule has 6 nitrogen and oxygen atoms in total. The third-order valence-corrected chi connectivity index (χ3v) is 6.46. The summed E-state index contributed by atoms with van der Waals surface area (Å²) in [6.45, 7) is 5.14. The molecule has 0 atom stereocenters. The second kappa shape index (κ2) is 7.39. The van der Waals surface area contributed by atoms with E-state index in [-0.39, 0.29) is 5.91 Å². The van der Waals surface area contributed by atoms with Crippen molar-refractivity contribution in [3.05, 3.63) is 48.2 Å². The smallest absolute Gasteiger partial charge is 0.257 e. The molecular formula is C21H23N5OS. The van der Waals surface area contributed by atoms with E-state index in [0.29, 0.717) is 0 Å². The summed E-state index contributed by atoms with van der Waals surface area (Å²) in [5.74, 6) is 2.02. The van der Waals surface area contributed by atoms with E-state index in [9.17, 15) is 4.79 Å². The first-order chi connectivity index (χ1) is 13.8. The Hall–Kier alpha value is -2.67. The minimum absolute atomic E-state index is 0.119. The summed E-state index contributed by atoms with van der Waals surface area (Å²) in [4.78, 5) is 24.1. The number of hydrogen-bond acceptors (Lipinski definition) is 6. The second-order valence-corrected chi connectivity index (χ2v) is 8.16. The molecule has 5 rings (SSSR count). The molecule has 2 saturated heterocycles. The Morgan fingerprint density at radius 3 is 2.36 bits per heavy atom. The van der Waals surface area contributed by atoms with Crippen molar-refractivity contribution in [1.29, 1.82) is 0 Å². The Bertz CT molecular complexity index is 989. The largest absolute Gasteiger partial charge is 0.352 e. The SMILES string of the molecule is O=C(c1cccnc1N1CCN(c2nsc3ccccc23)CC1)N1CCCC1. The van der Waals surface area contributed by atoms with Crippen LogP contribution < -0.4 is 9.80 Å². The van der Waals surface area contributed by atoms with E-state index in [2.05, 4.69) is 43.4 Å². The number of rotatable bonds is 3. The van der Waals surface area contributed by atoms with Crippen LogP contribution in [0.25, 0.3) is 10.1 Å². The van der Waals surface area contributed by atoms with E-state index < -0.39 is 0 Å². The van der Waals surface area contributed by atoms with Crippen molar-refractivity contribution < 1.29 is 4.79 Å². The van der Waals surface area contributed by atoms with Crippen molar-refractivity contribution >= 4 is 39.2 Å². The zero-order valence-electron chi connectivity index (χ0n) is 15.8. The third-order valence-electron chi connectivity index (χ3n) is 5.65. The summed E-state index contributed by atoms with van der Waals surface area (Å²) in [7, 11) is 0. The van der Waals surface area contributed by atoms with Crippen molar-refractivity contribution in [3.8, 4) is 0 Å². The molecule has 28 heavy (non-hydrogen) atoms. The van der Waals surface area contributed by atoms with Crippen LogP contribution in [0, 0.1) is 0 Å². The molecule has 2 aromatic heterocycles. The molecule has 144 valence electrons. The first kappa shape index (κ1) is 17.4. The average Bonchev–Trinajstić information content (AvgIpc) is 3.44. The number of amides is 1. The summed E-state index contributed by atoms with van der Waals surface area (Å²) in [5.41, 5.74) is 0.733. The van der Waals surface area contributed by atoms with Gasteiger partial charge in [0.05, 0.1) is 10.3 Å². The Kier molecular flexibility index (Phi) is 4.60. The molecule has 4 heterocycles. The van der Waals surface area contributed by atoms with Crippen molar-refractivity contribution in [2.75, 3.05) is 49.1 Å². The van der Waals surface area contributed by atoms with Crippen molar-refractivity contribution in [2.45, 2.75) is 12.8 Å². The molecule has 3 aromatic rings. The summed E-state index contributed by atoms with van der Waals surface area (Å²) < 4.78 is 5.91. The quantitative estimate of drug-likeness (QED) is 0.684. The number of aromatic nitrogens is 2. The van der Waals surface area contributed by atoms with Gasteiger partial charge in [-0.15, -0.1) is 0 Å². The monoisotopic (exact) mass is 393 g/mol. The van der Waals surface area contributed by atoms with Crippen LogP contribution in [0.15, 0.2) is 42.6 Å². The van der Waals surface area contributed by atoms with E-state index in [0.717, 1.165) is 69.3 Å². The fourth-order valence-electron chi connectivity index (χ4n) is 4.14. The first-order valence-electron chi connectivity index (χ1n) is 9.90. The maximum absolute atomic E-state index is 12.9. The van der Waals surface area contributed by atoms with Crippen molar-refractivity contribution in [1.82, 2.24) is 14.3 Å². The van der Waals surface area contributed by atoms with Gasteiger partial charge in [0.1, 0.15) is 11.6 Å². The van der Waals surface area contributed by atoms with Gasteiger partial charge in [-0.3, -0.25) is 4.79 Å². The lowest BCUT2D eigenvalue weighted by atomic mass is 10.2. The molecular weight excluding hydrogens is 370 g/mol. The Morgan fingerprint density at radius 1 is 0.857 bits per heavy atom. The molecule has 2 aliphatic heterocycles. The Morgan fingerprint density at radius 2 is 1.57 bits per heavy atom. The van der Waals surface area contributed by atoms with Gasteiger partial charge in [-0.1, -0.05) is 12.1 Å². The highest BCUT2D eigenvalue weighted by Gasteiger charge is 2.27. The summed E-state index contributed by atoms with van der Waals surface area (Å²) in [6, 6.07) is 12.2. The van der Waals surface area contributed by atoms with Gasteiger partial charge in [-0.25, -0.2) is 4.98 Å². The molecule has 0 N–H and O–H groups in total. The zero-order chi connectivity index (χ0) is 18.9. The topological polar surface area (TPSA) is 52.6 Å². The van der Waals surface area contributed by atoms with Gasteiger partial charge < -0.3 is 14.7 Å². The maximum Gasteiger partial charge on any atom is 0.257 e. The Balaban J connectivity index is 1.34. The standard InChI is InChI=1S/C21H23N5OS/c27-21(26-10-3-4-11-26)17-7-5-9-22-19(17)24-12-14-25(15-13-24)20-16-6-1-2-8-18(16)28-23-20/h1-2,5-9H,3-4,10-15H2. The van der Waals surface area contributed by atoms with Crippen LogP contribution in [-0.2, 0) is 0 Å². The van der Waals surface area contributed by atoms with Gasteiger partial charge in [0.15, 0.2) is 0 Å². The molecule has 0 bridgehead atoms. The van der Waals surface area contributed by atoms with Gasteiger partial charge in [0.2, 0.25) is 0 Å². The van der Waals surface area contributed by atoms with E-state index in [4.69, 9.17) is 0 Å². The van der Waals surface area contributed by atoms with E-state index in [1.807, 2.05) is 17.0 Å². The van der Waals surface area contributed by atoms with Gasteiger partial charge in [0.25, 0.3) is 5.91 Å². The molecule has 0 aliphatic carbocycles. The minimum atomic E-state index is 0.119. The molecule has 0 radical (unpaired) electrons. The molecule has 2 aliphatic rings. The number of likely N-dealkylation sites (tertiary alicyclic amines) is 1. The zero-order valence-corrected chi connectivity index (χ0v) is 16.6. The molecule has 2 fully saturated rings. The summed E-state index contributed by atoms with van der Waals surface area (Å²) in [5, 5.41) is 1.23. The molecule has 1 aromatic carbocycles. The summed E-state index contributed by atoms with van der Waals surface area (Å²) in [6.07, 6.45) is 3.99. The maximum atomic E-state index is 12.9. The predicted molar refractivity (Wildman–Crippen MR) is 113 cm³/mol. The van der Waals surface area contributed by atoms with Crippen LogP contribution in [-0.4, -0.2) is 59.4 Å². The molecule has 0 spiro atoms. The van der Waals surface area contributed by atoms with Crippen LogP contribution in [0.3, 0.4) is 0 Å². The first-order valence-corrected chi connectivity index (χ1v) is 10.7. The number of benzene rings is 1. The number of carbonyl (C=O) groups is 1. The number of carbonyl (C=O) groups excluding carboxylic acids is 1. The molecule has 1 amide bonds. The van der Waals surface area contributed by atoms with E-state index >= 15 is 0 Å². The highest BCUT2D eigenvalue weighted by molar-refractivity contribution is 7.13. The van der Waals surface area contributed by atoms with Gasteiger partial charge in [-0.2, -0.15) is 4.37 Å². The lowest BCUT2D eigenvalue weighted by Gasteiger charge is -2.36. The van der Waals surface area contributed by atoms with Crippen LogP contribution in [0.2, 0.25) is 0 Å². The van der Waals surface area contributed by atoms with Gasteiger partial charge >= 0.3 is 0 Å². The predicted octanol–water partition coefficient (Wildman–Crippen LogP) is 3.25. The lowest BCUT2D eigenvalue weighted by Crippen LogP contribution is -2.47. The van der Waals surface area contributed by atoms with Crippen LogP contribution in [0.5, 0.6) is 0 Å². The molecule has 7 heteroatoms. The molecule has 0 saturated carbocycles. The number of nitrogens with zero attached hydrogens (tertiary/aromatic N) is 5. The lowest BCUT2D eigenvalue weighted by molar-refractivity contribution is 0.0793. The third kappa shape index (κ3) is 3.09. The van der Waals surface area contributed by atoms with Crippen molar-refractivity contribution in [3.63, 3.8) is 0 Å². The number of piperazine rings is 1. The number of hydrogen-bond donors (Lipinski definition) is 0. The number of pyridine rings is 1. The summed E-state index contributed by atoms with van der Waals surface area (Å²) >= 11 is 1.56. The molecule has 0 unspecified atom stereocenters. The highest BCUT2D eigenvalue weighted by Crippen LogP contribution is 2.30. The average molecular weight is 394 g/mol. The fourth-order valence-corrected chi connectivity index (χ4v) is 4.93. The number of fused-ring (bicyclic) bond motifs is 1. The normalized spacial score (nSPS) is 17.5. The van der Waals surface area contributed by atoms with Crippen LogP contribution >= 0.6 is 11.5 Å². The van der Waals surface area contributed by atoms with E-state index in [1.165, 1.54) is 10.1 Å². The Labute approximate surface area is 168 Å². The van der Waals surface area contributed by atoms with Gasteiger partial charge in [0, 0.05) is 50.9 Å². The second-order valence-electron chi connectivity index (χ2n) is 7.35. The minimum Gasteiger partial charge on any atom is -0.352 e. The van der Waals surface area contributed by atoms with E-state index in [1.54, 1.807) is 17.7 Å². The fraction of sp³-hybridized carbons (Fsp3) is 0.381. The van der Waals surface area contributed by atoms with Crippen LogP contribution in [0.4, 0.5) is 11.6 Å². The van der Waals surface area contributed by atoms with Crippen LogP contribution in [0.1, 0.15) is 23.2 Å². The van der Waals surface area contributed by atoms with Crippen molar-refractivity contribution in [2.24, 2.45) is 0 Å².